The van der Waals surface area contributed by atoms with Crippen molar-refractivity contribution in [2.45, 2.75) is 47.6 Å². The second-order valence-electron chi connectivity index (χ2n) is 4.85. The van der Waals surface area contributed by atoms with Crippen LogP contribution in [0, 0.1) is 13.8 Å². The molecule has 0 bridgehead atoms. The summed E-state index contributed by atoms with van der Waals surface area (Å²) in [5.74, 6) is 0.974. The zero-order chi connectivity index (χ0) is 14.3. The van der Waals surface area contributed by atoms with Gasteiger partial charge in [0.1, 0.15) is 5.82 Å². The van der Waals surface area contributed by atoms with Crippen molar-refractivity contribution in [2.75, 3.05) is 26.2 Å². The molecule has 1 aromatic rings. The summed E-state index contributed by atoms with van der Waals surface area (Å²) in [6.45, 7) is 15.7. The fourth-order valence-electron chi connectivity index (χ4n) is 2.22. The lowest BCUT2D eigenvalue weighted by molar-refractivity contribution is 0.305. The lowest BCUT2D eigenvalue weighted by atomic mass is 10.1. The van der Waals surface area contributed by atoms with Crippen molar-refractivity contribution in [2.24, 2.45) is 0 Å². The van der Waals surface area contributed by atoms with E-state index in [0.717, 1.165) is 56.4 Å². The monoisotopic (exact) mass is 264 g/mol. The molecule has 0 aliphatic carbocycles. The number of hydrogen-bond acceptors (Lipinski definition) is 4. The third-order valence-corrected chi connectivity index (χ3v) is 3.56. The van der Waals surface area contributed by atoms with Crippen molar-refractivity contribution >= 4 is 0 Å². The van der Waals surface area contributed by atoms with Gasteiger partial charge in [-0.3, -0.25) is 0 Å². The van der Waals surface area contributed by atoms with Gasteiger partial charge in [0.2, 0.25) is 0 Å². The van der Waals surface area contributed by atoms with Crippen LogP contribution in [0.15, 0.2) is 0 Å². The Kier molecular flexibility index (Phi) is 6.95. The van der Waals surface area contributed by atoms with Crippen molar-refractivity contribution in [3.05, 3.63) is 22.8 Å². The van der Waals surface area contributed by atoms with Crippen LogP contribution in [0.4, 0.5) is 0 Å². The summed E-state index contributed by atoms with van der Waals surface area (Å²) in [5.41, 5.74) is 3.47. The van der Waals surface area contributed by atoms with E-state index in [1.54, 1.807) is 0 Å². The maximum Gasteiger partial charge on any atom is 0.130 e. The van der Waals surface area contributed by atoms with Gasteiger partial charge < -0.3 is 10.2 Å². The molecule has 0 amide bonds. The second kappa shape index (κ2) is 8.23. The molecule has 1 heterocycles. The Morgan fingerprint density at radius 2 is 1.58 bits per heavy atom. The van der Waals surface area contributed by atoms with Crippen LogP contribution in [0.2, 0.25) is 0 Å². The Hall–Kier alpha value is -1.00. The van der Waals surface area contributed by atoms with E-state index in [1.165, 1.54) is 5.56 Å². The molecule has 19 heavy (non-hydrogen) atoms. The Labute approximate surface area is 117 Å². The van der Waals surface area contributed by atoms with Gasteiger partial charge >= 0.3 is 0 Å². The number of nitrogens with zero attached hydrogens (tertiary/aromatic N) is 3. The zero-order valence-corrected chi connectivity index (χ0v) is 13.1. The van der Waals surface area contributed by atoms with Crippen LogP contribution in [-0.2, 0) is 13.0 Å². The second-order valence-corrected chi connectivity index (χ2v) is 4.85. The first-order chi connectivity index (χ1) is 9.12. The highest BCUT2D eigenvalue weighted by atomic mass is 15.1. The number of likely N-dealkylation sites (N-methyl/N-ethyl adjacent to an activating group) is 1. The largest absolute Gasteiger partial charge is 0.313 e. The molecule has 0 unspecified atom stereocenters. The number of aryl methyl sites for hydroxylation is 2. The van der Waals surface area contributed by atoms with Gasteiger partial charge in [-0.2, -0.15) is 0 Å². The van der Waals surface area contributed by atoms with Crippen LogP contribution in [-0.4, -0.2) is 41.0 Å². The van der Waals surface area contributed by atoms with Crippen molar-refractivity contribution in [1.82, 2.24) is 20.2 Å². The van der Waals surface area contributed by atoms with E-state index in [2.05, 4.69) is 54.8 Å². The van der Waals surface area contributed by atoms with Gasteiger partial charge in [0.15, 0.2) is 0 Å². The average Bonchev–Trinajstić information content (AvgIpc) is 2.39. The number of aromatic nitrogens is 2. The maximum absolute atomic E-state index is 4.65. The first-order valence-corrected chi connectivity index (χ1v) is 7.38. The topological polar surface area (TPSA) is 41.1 Å². The molecule has 0 radical (unpaired) electrons. The maximum atomic E-state index is 4.65. The van der Waals surface area contributed by atoms with Crippen molar-refractivity contribution in [1.29, 1.82) is 0 Å². The fraction of sp³-hybridized carbons (Fsp3) is 0.733. The summed E-state index contributed by atoms with van der Waals surface area (Å²) in [6.07, 6.45) is 0.935. The molecule has 0 spiro atoms. The van der Waals surface area contributed by atoms with Gasteiger partial charge in [-0.15, -0.1) is 0 Å². The predicted molar refractivity (Wildman–Crippen MR) is 80.4 cm³/mol. The molecule has 0 saturated heterocycles. The van der Waals surface area contributed by atoms with Crippen LogP contribution < -0.4 is 5.32 Å². The summed E-state index contributed by atoms with van der Waals surface area (Å²) >= 11 is 0. The van der Waals surface area contributed by atoms with Crippen LogP contribution in [0.3, 0.4) is 0 Å². The van der Waals surface area contributed by atoms with Gasteiger partial charge in [-0.1, -0.05) is 20.8 Å². The summed E-state index contributed by atoms with van der Waals surface area (Å²) in [6, 6.07) is 0. The van der Waals surface area contributed by atoms with E-state index in [-0.39, 0.29) is 0 Å². The van der Waals surface area contributed by atoms with Gasteiger partial charge in [-0.25, -0.2) is 9.97 Å². The van der Waals surface area contributed by atoms with E-state index in [1.807, 2.05) is 0 Å². The molecule has 0 atom stereocenters. The molecule has 0 aliphatic rings. The first-order valence-electron chi connectivity index (χ1n) is 7.38. The third-order valence-electron chi connectivity index (χ3n) is 3.56. The quantitative estimate of drug-likeness (QED) is 0.780. The van der Waals surface area contributed by atoms with E-state index in [4.69, 9.17) is 0 Å². The van der Waals surface area contributed by atoms with Gasteiger partial charge in [0.05, 0.1) is 0 Å². The molecule has 1 N–H and O–H groups in total. The zero-order valence-electron chi connectivity index (χ0n) is 13.1. The highest BCUT2D eigenvalue weighted by molar-refractivity contribution is 5.24. The van der Waals surface area contributed by atoms with Crippen molar-refractivity contribution in [3.63, 3.8) is 0 Å². The van der Waals surface area contributed by atoms with Crippen molar-refractivity contribution in [3.8, 4) is 0 Å². The molecule has 1 rings (SSSR count). The van der Waals surface area contributed by atoms with E-state index in [9.17, 15) is 0 Å². The van der Waals surface area contributed by atoms with E-state index < -0.39 is 0 Å². The van der Waals surface area contributed by atoms with Gasteiger partial charge in [0.25, 0.3) is 0 Å². The lowest BCUT2D eigenvalue weighted by Gasteiger charge is -2.18. The van der Waals surface area contributed by atoms with Crippen LogP contribution in [0.1, 0.15) is 43.5 Å². The Balaban J connectivity index is 2.71. The van der Waals surface area contributed by atoms with Gasteiger partial charge in [-0.05, 0) is 33.5 Å². The summed E-state index contributed by atoms with van der Waals surface area (Å²) in [5, 5.41) is 3.35. The number of rotatable bonds is 8. The molecular formula is C15H28N4. The highest BCUT2D eigenvalue weighted by Gasteiger charge is 2.09. The number of nitrogens with one attached hydrogen (secondary N) is 1. The standard InChI is InChI=1S/C15H28N4/c1-6-16-11-14-12(4)17-15(18-13(14)5)9-10-19(7-2)8-3/h16H,6-11H2,1-5H3. The molecule has 0 saturated carbocycles. The van der Waals surface area contributed by atoms with Crippen LogP contribution in [0.25, 0.3) is 0 Å². The van der Waals surface area contributed by atoms with Crippen LogP contribution >= 0.6 is 0 Å². The molecule has 0 aliphatic heterocycles. The predicted octanol–water partition coefficient (Wildman–Crippen LogP) is 2.09. The molecule has 0 fully saturated rings. The van der Waals surface area contributed by atoms with Gasteiger partial charge in [0, 0.05) is 36.5 Å². The summed E-state index contributed by atoms with van der Waals surface area (Å²) in [7, 11) is 0. The SMILES string of the molecule is CCNCc1c(C)nc(CCN(CC)CC)nc1C. The minimum absolute atomic E-state index is 0.866. The van der Waals surface area contributed by atoms with E-state index >= 15 is 0 Å². The smallest absolute Gasteiger partial charge is 0.130 e. The van der Waals surface area contributed by atoms with Crippen LogP contribution in [0.5, 0.6) is 0 Å². The fourth-order valence-corrected chi connectivity index (χ4v) is 2.22. The average molecular weight is 264 g/mol. The van der Waals surface area contributed by atoms with Crippen molar-refractivity contribution < 1.29 is 0 Å². The molecule has 108 valence electrons. The number of hydrogen-bond donors (Lipinski definition) is 1. The van der Waals surface area contributed by atoms with E-state index in [0.29, 0.717) is 0 Å². The third kappa shape index (κ3) is 4.88. The normalized spacial score (nSPS) is 11.3. The Morgan fingerprint density at radius 3 is 2.05 bits per heavy atom. The molecule has 0 aromatic carbocycles. The summed E-state index contributed by atoms with van der Waals surface area (Å²) in [4.78, 5) is 11.7. The minimum atomic E-state index is 0.866. The summed E-state index contributed by atoms with van der Waals surface area (Å²) < 4.78 is 0. The first kappa shape index (κ1) is 16.1. The minimum Gasteiger partial charge on any atom is -0.313 e. The Bertz CT molecular complexity index is 363. The molecule has 4 nitrogen and oxygen atoms in total. The molecule has 4 heteroatoms. The molecule has 1 aromatic heterocycles. The lowest BCUT2D eigenvalue weighted by Crippen LogP contribution is -2.26. The Morgan fingerprint density at radius 1 is 1.00 bits per heavy atom. The highest BCUT2D eigenvalue weighted by Crippen LogP contribution is 2.10. The molecular weight excluding hydrogens is 236 g/mol.